The molecule has 1 N–H and O–H groups in total. The van der Waals surface area contributed by atoms with Gasteiger partial charge in [-0.25, -0.2) is 4.39 Å². The molecule has 32 heavy (non-hydrogen) atoms. The van der Waals surface area contributed by atoms with E-state index in [1.807, 2.05) is 27.7 Å². The van der Waals surface area contributed by atoms with Crippen molar-refractivity contribution in [1.82, 2.24) is 19.7 Å². The molecule has 4 rings (SSSR count). The van der Waals surface area contributed by atoms with Crippen molar-refractivity contribution in [3.05, 3.63) is 62.8 Å². The smallest absolute Gasteiger partial charge is 0.275 e. The van der Waals surface area contributed by atoms with Gasteiger partial charge in [-0.3, -0.25) is 9.59 Å². The van der Waals surface area contributed by atoms with Crippen molar-refractivity contribution in [2.75, 3.05) is 0 Å². The molecule has 0 fully saturated rings. The molecule has 2 aromatic heterocycles. The van der Waals surface area contributed by atoms with E-state index in [9.17, 15) is 19.1 Å². The summed E-state index contributed by atoms with van der Waals surface area (Å²) in [5.74, 6) is -1.02. The van der Waals surface area contributed by atoms with Crippen molar-refractivity contribution in [2.45, 2.75) is 52.7 Å². The molecule has 1 unspecified atom stereocenters. The largest absolute Gasteiger partial charge is 0.503 e. The number of carbonyl (C=O) groups is 1. The Hall–Kier alpha value is -3.07. The monoisotopic (exact) mass is 456 g/mol. The molecule has 1 atom stereocenters. The molecule has 3 aromatic rings. The van der Waals surface area contributed by atoms with Gasteiger partial charge >= 0.3 is 0 Å². The summed E-state index contributed by atoms with van der Waals surface area (Å²) < 4.78 is 14.8. The molecule has 3 heterocycles. The molecule has 0 saturated heterocycles. The highest BCUT2D eigenvalue weighted by molar-refractivity contribution is 7.14. The van der Waals surface area contributed by atoms with E-state index in [-0.39, 0.29) is 41.0 Å². The molecule has 1 amide bonds. The fourth-order valence-electron chi connectivity index (χ4n) is 4.09. The molecule has 0 radical (unpaired) electrons. The Balaban J connectivity index is 1.72. The summed E-state index contributed by atoms with van der Waals surface area (Å²) in [7, 11) is 0. The number of pyridine rings is 1. The van der Waals surface area contributed by atoms with Crippen molar-refractivity contribution in [3.8, 4) is 16.3 Å². The maximum absolute atomic E-state index is 13.2. The van der Waals surface area contributed by atoms with Gasteiger partial charge in [-0.1, -0.05) is 37.3 Å². The van der Waals surface area contributed by atoms with E-state index in [0.29, 0.717) is 23.0 Å². The van der Waals surface area contributed by atoms with Crippen LogP contribution in [0, 0.1) is 11.7 Å². The van der Waals surface area contributed by atoms with Gasteiger partial charge in [0.1, 0.15) is 10.8 Å². The third kappa shape index (κ3) is 3.92. The lowest BCUT2D eigenvalue weighted by molar-refractivity contribution is 0.0422. The second-order valence-corrected chi connectivity index (χ2v) is 9.71. The second kappa shape index (κ2) is 8.46. The van der Waals surface area contributed by atoms with E-state index in [4.69, 9.17) is 0 Å². The maximum atomic E-state index is 13.2. The molecule has 1 aromatic carbocycles. The average molecular weight is 457 g/mol. The van der Waals surface area contributed by atoms with E-state index in [2.05, 4.69) is 10.2 Å². The maximum Gasteiger partial charge on any atom is 0.275 e. The highest BCUT2D eigenvalue weighted by Gasteiger charge is 2.38. The molecule has 168 valence electrons. The molecule has 0 aliphatic carbocycles. The number of hydrogen-bond acceptors (Lipinski definition) is 6. The predicted molar refractivity (Wildman–Crippen MR) is 120 cm³/mol. The molecular formula is C23H25FN4O3S. The first kappa shape index (κ1) is 22.1. The Bertz CT molecular complexity index is 1220. The minimum atomic E-state index is -0.638. The van der Waals surface area contributed by atoms with E-state index in [0.717, 1.165) is 5.56 Å². The minimum Gasteiger partial charge on any atom is -0.503 e. The van der Waals surface area contributed by atoms with Crippen LogP contribution in [0.1, 0.15) is 48.8 Å². The molecule has 0 bridgehead atoms. The molecule has 1 aliphatic heterocycles. The first-order valence-electron chi connectivity index (χ1n) is 10.5. The molecule has 0 saturated carbocycles. The standard InChI is InChI=1S/C23H25FN4O3S/c1-12(2)17-11-27-10-16(20(29)21(30)19(27)23(31)28(17)13(3)4)22-26-25-18(32-22)9-14-5-7-15(24)8-6-14/h5-8,10,12-13,17,30H,9,11H2,1-4H3. The van der Waals surface area contributed by atoms with Crippen LogP contribution in [0.4, 0.5) is 4.39 Å². The third-order valence-electron chi connectivity index (χ3n) is 5.73. The zero-order valence-corrected chi connectivity index (χ0v) is 19.2. The lowest BCUT2D eigenvalue weighted by Crippen LogP contribution is -2.54. The van der Waals surface area contributed by atoms with Crippen LogP contribution in [0.3, 0.4) is 0 Å². The molecule has 1 aliphatic rings. The van der Waals surface area contributed by atoms with Gasteiger partial charge in [0.15, 0.2) is 16.5 Å². The Labute approximate surface area is 189 Å². The fraction of sp³-hybridized carbons (Fsp3) is 0.391. The number of amides is 1. The predicted octanol–water partition coefficient (Wildman–Crippen LogP) is 3.69. The number of nitrogens with zero attached hydrogens (tertiary/aromatic N) is 4. The highest BCUT2D eigenvalue weighted by atomic mass is 32.1. The number of fused-ring (bicyclic) bond motifs is 1. The number of aromatic nitrogens is 3. The third-order valence-corrected chi connectivity index (χ3v) is 6.68. The van der Waals surface area contributed by atoms with Crippen LogP contribution in [-0.2, 0) is 13.0 Å². The quantitative estimate of drug-likeness (QED) is 0.633. The number of hydrogen-bond donors (Lipinski definition) is 1. The van der Waals surface area contributed by atoms with E-state index >= 15 is 0 Å². The van der Waals surface area contributed by atoms with E-state index < -0.39 is 11.2 Å². The first-order valence-corrected chi connectivity index (χ1v) is 11.3. The van der Waals surface area contributed by atoms with Crippen LogP contribution >= 0.6 is 11.3 Å². The van der Waals surface area contributed by atoms with Gasteiger partial charge in [-0.2, -0.15) is 0 Å². The van der Waals surface area contributed by atoms with Crippen LogP contribution in [0.2, 0.25) is 0 Å². The van der Waals surface area contributed by atoms with E-state index in [1.165, 1.54) is 23.5 Å². The van der Waals surface area contributed by atoms with Gasteiger partial charge in [0.05, 0.1) is 11.6 Å². The number of rotatable bonds is 5. The van der Waals surface area contributed by atoms with Crippen LogP contribution in [0.15, 0.2) is 35.3 Å². The number of carbonyl (C=O) groups excluding carboxylic acids is 1. The zero-order valence-electron chi connectivity index (χ0n) is 18.4. The summed E-state index contributed by atoms with van der Waals surface area (Å²) in [6.45, 7) is 8.42. The van der Waals surface area contributed by atoms with Crippen LogP contribution in [0.25, 0.3) is 10.6 Å². The average Bonchev–Trinajstić information content (AvgIpc) is 3.19. The second-order valence-electron chi connectivity index (χ2n) is 8.64. The topological polar surface area (TPSA) is 88.3 Å². The zero-order chi connectivity index (χ0) is 23.2. The summed E-state index contributed by atoms with van der Waals surface area (Å²) >= 11 is 1.24. The summed E-state index contributed by atoms with van der Waals surface area (Å²) in [5, 5.41) is 20.0. The van der Waals surface area contributed by atoms with Crippen molar-refractivity contribution >= 4 is 17.2 Å². The van der Waals surface area contributed by atoms with Crippen LogP contribution in [0.5, 0.6) is 5.75 Å². The lowest BCUT2D eigenvalue weighted by atomic mass is 9.97. The van der Waals surface area contributed by atoms with Crippen molar-refractivity contribution in [1.29, 1.82) is 0 Å². The van der Waals surface area contributed by atoms with Gasteiger partial charge in [-0.15, -0.1) is 10.2 Å². The first-order chi connectivity index (χ1) is 15.2. The summed E-state index contributed by atoms with van der Waals surface area (Å²) in [6.07, 6.45) is 2.05. The minimum absolute atomic E-state index is 0.0143. The Morgan fingerprint density at radius 1 is 1.16 bits per heavy atom. The lowest BCUT2D eigenvalue weighted by Gasteiger charge is -2.42. The Kier molecular flexibility index (Phi) is 5.85. The Morgan fingerprint density at radius 3 is 2.47 bits per heavy atom. The summed E-state index contributed by atoms with van der Waals surface area (Å²) in [4.78, 5) is 27.9. The molecule has 0 spiro atoms. The fourth-order valence-corrected chi connectivity index (χ4v) is 4.97. The van der Waals surface area contributed by atoms with Crippen LogP contribution in [-0.4, -0.2) is 42.8 Å². The SMILES string of the molecule is CC(C)C1Cn2cc(-c3nnc(Cc4ccc(F)cc4)s3)c(=O)c(O)c2C(=O)N1C(C)C. The van der Waals surface area contributed by atoms with E-state index in [1.54, 1.807) is 27.8 Å². The highest BCUT2D eigenvalue weighted by Crippen LogP contribution is 2.31. The van der Waals surface area contributed by atoms with Gasteiger partial charge in [0.2, 0.25) is 5.43 Å². The molecular weight excluding hydrogens is 431 g/mol. The van der Waals surface area contributed by atoms with Crippen LogP contribution < -0.4 is 5.43 Å². The normalized spacial score (nSPS) is 16.2. The van der Waals surface area contributed by atoms with Gasteiger partial charge in [0, 0.05) is 25.2 Å². The number of aromatic hydroxyl groups is 1. The van der Waals surface area contributed by atoms with Gasteiger partial charge < -0.3 is 14.6 Å². The van der Waals surface area contributed by atoms with Crippen molar-refractivity contribution < 1.29 is 14.3 Å². The Morgan fingerprint density at radius 2 is 1.84 bits per heavy atom. The van der Waals surface area contributed by atoms with Gasteiger partial charge in [0.25, 0.3) is 5.91 Å². The van der Waals surface area contributed by atoms with Crippen molar-refractivity contribution in [2.24, 2.45) is 5.92 Å². The van der Waals surface area contributed by atoms with Gasteiger partial charge in [-0.05, 0) is 37.5 Å². The van der Waals surface area contributed by atoms with Crippen molar-refractivity contribution in [3.63, 3.8) is 0 Å². The number of benzene rings is 1. The molecule has 9 heteroatoms. The summed E-state index contributed by atoms with van der Waals surface area (Å²) in [5.41, 5.74) is 0.460. The summed E-state index contributed by atoms with van der Waals surface area (Å²) in [6, 6.07) is 5.99. The number of halogens is 1. The molecule has 7 nitrogen and oxygen atoms in total.